The van der Waals surface area contributed by atoms with Gasteiger partial charge >= 0.3 is 7.12 Å². The van der Waals surface area contributed by atoms with Crippen molar-refractivity contribution in [3.8, 4) is 44.5 Å². The number of nitrogens with one attached hydrogen (secondary N) is 1. The fourth-order valence-corrected chi connectivity index (χ4v) is 18.1. The maximum atomic E-state index is 6.70. The lowest BCUT2D eigenvalue weighted by molar-refractivity contribution is 0.00578. The number of hydrogen-bond acceptors (Lipinski definition) is 4. The Morgan fingerprint density at radius 3 is 0.821 bits per heavy atom. The highest BCUT2D eigenvalue weighted by Gasteiger charge is 2.54. The molecule has 8 aromatic carbocycles. The maximum absolute atomic E-state index is 6.70. The van der Waals surface area contributed by atoms with Gasteiger partial charge in [0.05, 0.1) is 11.2 Å². The molecule has 19 rings (SSSR count). The third-order valence-electron chi connectivity index (χ3n) is 25.0. The molecule has 5 heteroatoms. The van der Waals surface area contributed by atoms with Gasteiger partial charge in [-0.2, -0.15) is 0 Å². The molecule has 9 aliphatic carbocycles. The first-order valence-electron chi connectivity index (χ1n) is 32.3. The van der Waals surface area contributed by atoms with Crippen molar-refractivity contribution in [3.63, 3.8) is 0 Å². The van der Waals surface area contributed by atoms with Gasteiger partial charge in [0, 0.05) is 16.3 Å². The van der Waals surface area contributed by atoms with Crippen LogP contribution in [0.15, 0.2) is 186 Å². The van der Waals surface area contributed by atoms with E-state index in [1.807, 2.05) is 0 Å². The molecule has 0 unspecified atom stereocenters. The minimum absolute atomic E-state index is 0.271. The molecule has 1 N–H and O–H groups in total. The molecule has 0 amide bonds. The molecule has 424 valence electrons. The van der Waals surface area contributed by atoms with E-state index in [-0.39, 0.29) is 34.6 Å². The average Bonchev–Trinajstić information content (AvgIpc) is 1.80. The molecule has 6 bridgehead atoms. The number of benzene rings is 8. The van der Waals surface area contributed by atoms with Crippen LogP contribution in [0.3, 0.4) is 0 Å². The summed E-state index contributed by atoms with van der Waals surface area (Å²) in [6, 6.07) is 70.6. The topological polar surface area (TPSA) is 43.6 Å². The van der Waals surface area contributed by atoms with Gasteiger partial charge in [0.1, 0.15) is 11.2 Å². The Hall–Kier alpha value is -6.50. The SMILES string of the molecule is CNC12CCC(c3ccc(-c4ccc(-c5ccc(C67CCC(c8ccc(-c9ccc%10c(c9)oc9cc(-c%11ccc(C%12%13CCC(c%14ccc(B%15OC(C)(C)C(C)(C)O%15)cc%14)(CC%12)CC%13)cc%11)ccc9%10)cc8)(CC6)CC7)cc5)cc4)cc3)(CC1)CC2. The second-order valence-corrected chi connectivity index (χ2v) is 29.1. The lowest BCUT2D eigenvalue weighted by atomic mass is 9.50. The highest BCUT2D eigenvalue weighted by Crippen LogP contribution is 2.61. The highest BCUT2D eigenvalue weighted by molar-refractivity contribution is 6.62. The van der Waals surface area contributed by atoms with Crippen molar-refractivity contribution in [1.29, 1.82) is 0 Å². The van der Waals surface area contributed by atoms with Gasteiger partial charge in [-0.15, -0.1) is 0 Å². The van der Waals surface area contributed by atoms with E-state index in [9.17, 15) is 0 Å². The summed E-state index contributed by atoms with van der Waals surface area (Å²) in [7, 11) is 1.85. The summed E-state index contributed by atoms with van der Waals surface area (Å²) < 4.78 is 19.4. The van der Waals surface area contributed by atoms with Gasteiger partial charge in [-0.3, -0.25) is 0 Å². The zero-order chi connectivity index (χ0) is 56.7. The van der Waals surface area contributed by atoms with Crippen LogP contribution < -0.4 is 10.8 Å². The largest absolute Gasteiger partial charge is 0.494 e. The van der Waals surface area contributed by atoms with E-state index >= 15 is 0 Å². The molecule has 1 aliphatic heterocycles. The minimum Gasteiger partial charge on any atom is -0.456 e. The first kappa shape index (κ1) is 53.0. The summed E-state index contributed by atoms with van der Waals surface area (Å²) in [5, 5.41) is 6.02. The lowest BCUT2D eigenvalue weighted by Gasteiger charge is -2.54. The quantitative estimate of drug-likeness (QED) is 0.131. The molecule has 2 heterocycles. The predicted octanol–water partition coefficient (Wildman–Crippen LogP) is 19.2. The smallest absolute Gasteiger partial charge is 0.456 e. The van der Waals surface area contributed by atoms with Gasteiger partial charge in [-0.05, 0) is 279 Å². The maximum Gasteiger partial charge on any atom is 0.494 e. The molecule has 84 heavy (non-hydrogen) atoms. The predicted molar refractivity (Wildman–Crippen MR) is 347 cm³/mol. The molecule has 1 aromatic heterocycles. The first-order chi connectivity index (χ1) is 40.7. The van der Waals surface area contributed by atoms with Crippen LogP contribution in [0.2, 0.25) is 0 Å². The number of furan rings is 1. The Morgan fingerprint density at radius 1 is 0.298 bits per heavy atom. The zero-order valence-corrected chi connectivity index (χ0v) is 50.4. The van der Waals surface area contributed by atoms with Crippen LogP contribution in [0.25, 0.3) is 66.4 Å². The van der Waals surface area contributed by atoms with Crippen LogP contribution in [-0.4, -0.2) is 30.9 Å². The van der Waals surface area contributed by atoms with Gasteiger partial charge in [0.2, 0.25) is 0 Å². The second kappa shape index (κ2) is 19.3. The fourth-order valence-electron chi connectivity index (χ4n) is 18.1. The molecular weight excluding hydrogens is 1020 g/mol. The monoisotopic (exact) mass is 1100 g/mol. The van der Waals surface area contributed by atoms with E-state index in [0.29, 0.717) is 16.4 Å². The molecule has 10 fully saturated rings. The molecule has 9 aromatic rings. The van der Waals surface area contributed by atoms with E-state index in [1.54, 1.807) is 11.1 Å². The summed E-state index contributed by atoms with van der Waals surface area (Å²) in [6.07, 6.45) is 22.9. The van der Waals surface area contributed by atoms with Gasteiger partial charge in [0.15, 0.2) is 0 Å². The van der Waals surface area contributed by atoms with E-state index in [2.05, 4.69) is 222 Å². The fraction of sp³-hybridized carbons (Fsp3) is 0.392. The first-order valence-corrected chi connectivity index (χ1v) is 32.3. The van der Waals surface area contributed by atoms with Crippen LogP contribution in [0.1, 0.15) is 171 Å². The highest BCUT2D eigenvalue weighted by atomic mass is 16.7. The van der Waals surface area contributed by atoms with Crippen molar-refractivity contribution in [2.45, 2.75) is 187 Å². The third kappa shape index (κ3) is 8.47. The summed E-state index contributed by atoms with van der Waals surface area (Å²) in [6.45, 7) is 8.51. The molecule has 10 aliphatic rings. The summed E-state index contributed by atoms with van der Waals surface area (Å²) in [5.41, 5.74) is 22.0. The zero-order valence-electron chi connectivity index (χ0n) is 50.4. The Bertz CT molecular complexity index is 3870. The van der Waals surface area contributed by atoms with E-state index in [0.717, 1.165) is 16.6 Å². The van der Waals surface area contributed by atoms with Crippen molar-refractivity contribution in [2.24, 2.45) is 0 Å². The van der Waals surface area contributed by atoms with E-state index in [4.69, 9.17) is 13.7 Å². The third-order valence-corrected chi connectivity index (χ3v) is 25.0. The van der Waals surface area contributed by atoms with Crippen LogP contribution in [0.4, 0.5) is 0 Å². The van der Waals surface area contributed by atoms with Crippen LogP contribution >= 0.6 is 0 Å². The molecule has 0 radical (unpaired) electrons. The van der Waals surface area contributed by atoms with Gasteiger partial charge in [-0.1, -0.05) is 158 Å². The second-order valence-electron chi connectivity index (χ2n) is 29.1. The van der Waals surface area contributed by atoms with Gasteiger partial charge in [0.25, 0.3) is 0 Å². The van der Waals surface area contributed by atoms with Gasteiger partial charge < -0.3 is 19.0 Å². The summed E-state index contributed by atoms with van der Waals surface area (Å²) in [5.74, 6) is 0. The number of hydrogen-bond donors (Lipinski definition) is 1. The Balaban J connectivity index is 0.543. The molecule has 0 spiro atoms. The standard InChI is InChI=1S/C79H82BNO3/c1-72(2)73(3,4)84-80(83-72)67-30-28-66(29-31-67)77-43-40-76(41-44-77,42-45-77)64-26-16-59(17-27-64)61-19-33-69-68-32-18-60(52-70(68)82-71(69)53-61)58-14-24-63(25-15-58)75-37-34-74(35-38-75,36-39-75)62-20-10-56(11-21-62)54-6-8-55(9-7-54)57-12-22-65(23-13-57)78-46-49-79(81-5,50-47-78)51-48-78/h6-33,52-53,81H,34-51H2,1-5H3. The Morgan fingerprint density at radius 2 is 0.536 bits per heavy atom. The number of rotatable bonds is 11. The average molecular weight is 1100 g/mol. The van der Waals surface area contributed by atoms with Crippen molar-refractivity contribution < 1.29 is 13.7 Å². The molecular formula is C79H82BNO3. The van der Waals surface area contributed by atoms with Crippen molar-refractivity contribution >= 4 is 34.5 Å². The van der Waals surface area contributed by atoms with Gasteiger partial charge in [-0.25, -0.2) is 0 Å². The van der Waals surface area contributed by atoms with E-state index < -0.39 is 0 Å². The normalized spacial score (nSPS) is 29.3. The van der Waals surface area contributed by atoms with Crippen LogP contribution in [0, 0.1) is 0 Å². The lowest BCUT2D eigenvalue weighted by Crippen LogP contribution is -2.54. The van der Waals surface area contributed by atoms with Crippen LogP contribution in [0.5, 0.6) is 0 Å². The van der Waals surface area contributed by atoms with Crippen molar-refractivity contribution in [2.75, 3.05) is 7.05 Å². The minimum atomic E-state index is -0.332. The summed E-state index contributed by atoms with van der Waals surface area (Å²) >= 11 is 0. The molecule has 0 atom stereocenters. The Kier molecular flexibility index (Phi) is 12.2. The van der Waals surface area contributed by atoms with Crippen molar-refractivity contribution in [3.05, 3.63) is 210 Å². The van der Waals surface area contributed by atoms with Crippen LogP contribution in [-0.2, 0) is 36.4 Å². The number of fused-ring (bicyclic) bond motifs is 12. The Labute approximate surface area is 499 Å². The molecule has 4 nitrogen and oxygen atoms in total. The molecule has 1 saturated heterocycles. The van der Waals surface area contributed by atoms with E-state index in [1.165, 1.54) is 188 Å². The summed E-state index contributed by atoms with van der Waals surface area (Å²) in [4.78, 5) is 0. The molecule has 9 saturated carbocycles. The van der Waals surface area contributed by atoms with Crippen molar-refractivity contribution in [1.82, 2.24) is 5.32 Å².